The molecule has 0 aromatic carbocycles. The Morgan fingerprint density at radius 3 is 0.830 bits per heavy atom. The summed E-state index contributed by atoms with van der Waals surface area (Å²) >= 11 is 0. The molecule has 0 saturated carbocycles. The highest BCUT2D eigenvalue weighted by atomic mass is 16.6. The number of carbonyl (C=O) groups is 18. The number of hydrogen-bond donors (Lipinski definition) is 0. The first kappa shape index (κ1) is 127. The Morgan fingerprint density at radius 2 is 0.553 bits per heavy atom. The molecule has 10 unspecified atom stereocenters. The van der Waals surface area contributed by atoms with Crippen LogP contribution in [0.3, 0.4) is 0 Å². The number of likely N-dealkylation sites (tertiary alicyclic amines) is 9. The van der Waals surface area contributed by atoms with Gasteiger partial charge in [0.15, 0.2) is 0 Å². The van der Waals surface area contributed by atoms with Crippen molar-refractivity contribution in [3.63, 3.8) is 0 Å². The Hall–Kier alpha value is -11.9. The third-order valence-electron chi connectivity index (χ3n) is 24.2. The molecule has 792 valence electrons. The molecule has 9 amide bonds. The van der Waals surface area contributed by atoms with Crippen LogP contribution >= 0.6 is 0 Å². The van der Waals surface area contributed by atoms with Gasteiger partial charge in [-0.25, -0.2) is 38.4 Å². The second kappa shape index (κ2) is 73.2. The highest BCUT2D eigenvalue weighted by molar-refractivity contribution is 5.97. The van der Waals surface area contributed by atoms with Crippen LogP contribution in [0, 0.1) is 11.8 Å². The Bertz CT molecular complexity index is 4070. The molecule has 9 fully saturated rings. The minimum absolute atomic E-state index is 0.00653. The number of hydrogen-bond acceptors (Lipinski definition) is 27. The van der Waals surface area contributed by atoms with Crippen LogP contribution in [0.25, 0.3) is 0 Å². The van der Waals surface area contributed by atoms with E-state index in [2.05, 4.69) is 89.5 Å². The summed E-state index contributed by atoms with van der Waals surface area (Å²) in [6.07, 6.45) is 37.0. The molecule has 10 atom stereocenters. The zero-order chi connectivity index (χ0) is 106. The van der Waals surface area contributed by atoms with Gasteiger partial charge in [0, 0.05) is 64.9 Å². The van der Waals surface area contributed by atoms with Crippen LogP contribution in [-0.2, 0) is 129 Å². The van der Waals surface area contributed by atoms with Gasteiger partial charge in [0.2, 0.25) is 53.2 Å². The maximum absolute atomic E-state index is 12.1. The maximum Gasteiger partial charge on any atom is 0.329 e. The molecular formula is C105H165N9O27. The predicted molar refractivity (Wildman–Crippen MR) is 533 cm³/mol. The monoisotopic (exact) mass is 1980 g/mol. The molecule has 0 bridgehead atoms. The zero-order valence-electron chi connectivity index (χ0n) is 86.4. The number of unbranched alkanes of at least 4 members (excludes halogenated alkanes) is 5. The highest BCUT2D eigenvalue weighted by Crippen LogP contribution is 2.28. The fourth-order valence-electron chi connectivity index (χ4n) is 16.6. The lowest BCUT2D eigenvalue weighted by molar-refractivity contribution is -0.155. The van der Waals surface area contributed by atoms with Crippen molar-refractivity contribution in [1.82, 2.24) is 44.1 Å². The lowest BCUT2D eigenvalue weighted by Gasteiger charge is -2.23. The topological polar surface area (TPSA) is 419 Å². The molecule has 141 heavy (non-hydrogen) atoms. The molecule has 36 nitrogen and oxygen atoms in total. The van der Waals surface area contributed by atoms with Crippen molar-refractivity contribution in [2.24, 2.45) is 11.8 Å². The van der Waals surface area contributed by atoms with Crippen LogP contribution < -0.4 is 0 Å². The molecule has 0 aliphatic carbocycles. The van der Waals surface area contributed by atoms with E-state index in [1.807, 2.05) is 27.7 Å². The van der Waals surface area contributed by atoms with Gasteiger partial charge < -0.3 is 86.7 Å². The predicted octanol–water partition coefficient (Wildman–Crippen LogP) is 12.1. The average molecular weight is 1990 g/mol. The summed E-state index contributed by atoms with van der Waals surface area (Å²) in [6.45, 7) is 58.8. The molecule has 0 aromatic rings. The van der Waals surface area contributed by atoms with E-state index in [-0.39, 0.29) is 125 Å². The minimum Gasteiger partial charge on any atom is -0.469 e. The summed E-state index contributed by atoms with van der Waals surface area (Å²) in [6, 6.07) is -3.26. The molecule has 0 N–H and O–H groups in total. The van der Waals surface area contributed by atoms with Gasteiger partial charge in [0.05, 0.1) is 66.4 Å². The van der Waals surface area contributed by atoms with Gasteiger partial charge in [-0.15, -0.1) is 0 Å². The number of ether oxygens (including phenoxy) is 9. The molecule has 9 heterocycles. The average Bonchev–Trinajstić information content (AvgIpc) is 1.72. The zero-order valence-corrected chi connectivity index (χ0v) is 86.4. The number of rotatable bonds is 39. The number of nitrogens with zero attached hydrogens (tertiary/aromatic N) is 9. The number of esters is 9. The van der Waals surface area contributed by atoms with E-state index < -0.39 is 48.3 Å². The smallest absolute Gasteiger partial charge is 0.329 e. The Kier molecular flexibility index (Phi) is 66.0. The van der Waals surface area contributed by atoms with Crippen molar-refractivity contribution in [1.29, 1.82) is 0 Å². The SMILES string of the molecule is C=CC(=O)N1CCCC1C(=O)OC.C=CC(=O)N1CCCC1C(=O)OC(C)C.C=CC(=O)N1CCCC1C(=O)OCC.C=CC(=O)N1CCCC1C(=O)OCC(C)C.C=CC(=O)N1CCCC1C(=O)OCC(CC)CCCC.C=CC(=O)N1CCCC1C(=O)OCCC.C=CC(=O)N1CCCC1C(=O)OCCCC.C=CC(=O)N1CCCC1C(=O)OCCCCCC.C=CC(=O)N1CCCC1CC(=O)OC. The molecule has 9 saturated heterocycles. The van der Waals surface area contributed by atoms with E-state index in [4.69, 9.17) is 33.2 Å². The summed E-state index contributed by atoms with van der Waals surface area (Å²) in [7, 11) is 2.69. The van der Waals surface area contributed by atoms with Crippen LogP contribution in [0.1, 0.15) is 262 Å². The minimum atomic E-state index is -0.419. The second-order valence-corrected chi connectivity index (χ2v) is 35.2. The number of carbonyl (C=O) groups excluding carboxylic acids is 18. The normalized spacial score (nSPS) is 20.0. The van der Waals surface area contributed by atoms with E-state index in [0.717, 1.165) is 122 Å². The van der Waals surface area contributed by atoms with E-state index in [9.17, 15) is 86.3 Å². The van der Waals surface area contributed by atoms with E-state index in [0.29, 0.717) is 162 Å². The van der Waals surface area contributed by atoms with E-state index in [1.165, 1.54) is 106 Å². The lowest BCUT2D eigenvalue weighted by Crippen LogP contribution is -2.41. The van der Waals surface area contributed by atoms with Crippen LogP contribution in [0.5, 0.6) is 0 Å². The summed E-state index contributed by atoms with van der Waals surface area (Å²) in [5, 5.41) is 0. The Balaban J connectivity index is 0.000000795. The van der Waals surface area contributed by atoms with Gasteiger partial charge in [-0.1, -0.05) is 153 Å². The van der Waals surface area contributed by atoms with Gasteiger partial charge in [0.1, 0.15) is 48.3 Å². The fraction of sp³-hybridized carbons (Fsp3) is 0.657. The fourth-order valence-corrected chi connectivity index (χ4v) is 16.6. The van der Waals surface area contributed by atoms with E-state index >= 15 is 0 Å². The molecule has 36 heteroatoms. The summed E-state index contributed by atoms with van der Waals surface area (Å²) < 4.78 is 45.1. The van der Waals surface area contributed by atoms with E-state index in [1.54, 1.807) is 40.4 Å². The Labute approximate surface area is 836 Å². The largest absolute Gasteiger partial charge is 0.469 e. The molecule has 0 radical (unpaired) electrons. The quantitative estimate of drug-likeness (QED) is 0.0239. The molecule has 9 aliphatic rings. The van der Waals surface area contributed by atoms with Crippen LogP contribution in [0.4, 0.5) is 0 Å². The maximum atomic E-state index is 12.1. The van der Waals surface area contributed by atoms with Gasteiger partial charge in [-0.2, -0.15) is 0 Å². The number of amides is 9. The molecule has 0 aromatic heterocycles. The van der Waals surface area contributed by atoms with Crippen molar-refractivity contribution in [2.45, 2.75) is 322 Å². The van der Waals surface area contributed by atoms with Crippen LogP contribution in [0.2, 0.25) is 0 Å². The third kappa shape index (κ3) is 45.7. The molecule has 9 rings (SSSR count). The lowest BCUT2D eigenvalue weighted by atomic mass is 10.0. The second-order valence-electron chi connectivity index (χ2n) is 35.2. The van der Waals surface area contributed by atoms with Crippen molar-refractivity contribution in [3.8, 4) is 0 Å². The van der Waals surface area contributed by atoms with Crippen molar-refractivity contribution in [2.75, 3.05) is 113 Å². The first-order valence-electron chi connectivity index (χ1n) is 50.2. The summed E-state index contributed by atoms with van der Waals surface area (Å²) in [4.78, 5) is 221. The summed E-state index contributed by atoms with van der Waals surface area (Å²) in [5.41, 5.74) is 0. The first-order valence-corrected chi connectivity index (χ1v) is 50.2. The van der Waals surface area contributed by atoms with Gasteiger partial charge >= 0.3 is 53.7 Å². The molecule has 9 aliphatic heterocycles. The van der Waals surface area contributed by atoms with Gasteiger partial charge in [-0.05, 0) is 229 Å². The molecular weight excluding hydrogens is 1820 g/mol. The van der Waals surface area contributed by atoms with Gasteiger partial charge in [-0.3, -0.25) is 47.9 Å². The van der Waals surface area contributed by atoms with Crippen molar-refractivity contribution in [3.05, 3.63) is 114 Å². The van der Waals surface area contributed by atoms with Crippen LogP contribution in [0.15, 0.2) is 114 Å². The number of methoxy groups -OCH3 is 2. The molecule has 0 spiro atoms. The first-order chi connectivity index (χ1) is 67.4. The van der Waals surface area contributed by atoms with Crippen molar-refractivity contribution < 1.29 is 129 Å². The van der Waals surface area contributed by atoms with Crippen molar-refractivity contribution >= 4 is 107 Å². The van der Waals surface area contributed by atoms with Gasteiger partial charge in [0.25, 0.3) is 0 Å². The highest BCUT2D eigenvalue weighted by Gasteiger charge is 2.42. The van der Waals surface area contributed by atoms with Crippen LogP contribution in [-0.4, -0.2) is 324 Å². The third-order valence-corrected chi connectivity index (χ3v) is 24.2. The standard InChI is InChI=1S/C16H27NO3.C14H23NO3.2C12H19NO3.2C11H17NO3.2C10H15NO3.C9H13NO3/c1-4-7-9-13(5-2)12-20-16(19)14-10-8-11-17(14)15(18)6-3;1-3-5-6-7-11-18-14(17)12-9-8-10-15(12)13(16)4-2;1-4-11(14)13-7-5-6-10(13)12(15)16-8-9(2)3;1-3-5-9-16-12(15)10-7-6-8-13(10)11(14)4-2;1-4-10(13)12-7-5-6-9(12)11(14)15-8(2)3;1-3-8-15-11(14)9-6-5-7-12(9)10(13)4-2;1-3-9(12)11-6-4-5-8(11)7-10(13)14-2;1-3-9(12)11-7-5-6-8(11)10(13)14-4-2;1-3-8(11)10-6-4-5-7(10)9(12)13-2/h6,13-14H,3-5,7-12H2,1-2H3;4,12H,2-3,5-11H2,1H3;4,9-10H,1,5-8H2,2-3H3;4,10H,2-3,5-9H2,1H3;4,8-9H,1,5-7H2,2-3H3;4,9H,2-3,5-8H2,1H3;2*3,8H,1,4-7H2,2H3;3,7H,1,4-6H2,2H3. The summed E-state index contributed by atoms with van der Waals surface area (Å²) in [5.74, 6) is -3.46. The Morgan fingerprint density at radius 1 is 0.284 bits per heavy atom.